The van der Waals surface area contributed by atoms with Crippen molar-refractivity contribution in [3.8, 4) is 0 Å². The van der Waals surface area contributed by atoms with Crippen molar-refractivity contribution in [3.63, 3.8) is 0 Å². The van der Waals surface area contributed by atoms with E-state index in [0.717, 1.165) is 17.4 Å². The van der Waals surface area contributed by atoms with Crippen LogP contribution in [0.25, 0.3) is 0 Å². The quantitative estimate of drug-likeness (QED) is 0.718. The van der Waals surface area contributed by atoms with Crippen molar-refractivity contribution < 1.29 is 13.2 Å². The third-order valence-corrected chi connectivity index (χ3v) is 5.66. The van der Waals surface area contributed by atoms with E-state index in [-0.39, 0.29) is 0 Å². The fraction of sp³-hybridized carbons (Fsp3) is 0.316. The average Bonchev–Trinajstić information content (AvgIpc) is 2.52. The normalized spacial score (nSPS) is 12.5. The molecule has 8 heteroatoms. The van der Waals surface area contributed by atoms with Crippen molar-refractivity contribution in [1.29, 1.82) is 0 Å². The van der Waals surface area contributed by atoms with Gasteiger partial charge in [0.1, 0.15) is 6.04 Å². The van der Waals surface area contributed by atoms with Gasteiger partial charge in [0.15, 0.2) is 0 Å². The molecule has 0 bridgehead atoms. The van der Waals surface area contributed by atoms with Crippen LogP contribution in [0.4, 0.5) is 11.4 Å². The Morgan fingerprint density at radius 1 is 1.11 bits per heavy atom. The number of rotatable bonds is 6. The number of hydrogen-bond donors (Lipinski definition) is 1. The number of carbonyl (C=O) groups is 1. The number of carbonyl (C=O) groups excluding carboxylic acids is 1. The molecule has 146 valence electrons. The van der Waals surface area contributed by atoms with Gasteiger partial charge in [-0.3, -0.25) is 9.10 Å². The van der Waals surface area contributed by atoms with Crippen molar-refractivity contribution in [2.45, 2.75) is 33.2 Å². The topological polar surface area (TPSA) is 66.5 Å². The summed E-state index contributed by atoms with van der Waals surface area (Å²) in [6, 6.07) is 9.25. The summed E-state index contributed by atoms with van der Waals surface area (Å²) in [5.74, 6) is -0.456. The second-order valence-corrected chi connectivity index (χ2v) is 9.15. The molecule has 2 aromatic rings. The van der Waals surface area contributed by atoms with Crippen LogP contribution in [0.2, 0.25) is 10.0 Å². The summed E-state index contributed by atoms with van der Waals surface area (Å²) in [6.07, 6.45) is 1.39. The number of nitrogens with one attached hydrogen (secondary N) is 1. The summed E-state index contributed by atoms with van der Waals surface area (Å²) < 4.78 is 26.3. The lowest BCUT2D eigenvalue weighted by atomic mass is 10.1. The molecular weight excluding hydrogens is 407 g/mol. The first-order valence-electron chi connectivity index (χ1n) is 8.36. The molecular formula is C19H22Cl2N2O3S. The maximum absolute atomic E-state index is 12.9. The van der Waals surface area contributed by atoms with Gasteiger partial charge < -0.3 is 5.32 Å². The first kappa shape index (κ1) is 21.5. The van der Waals surface area contributed by atoms with Gasteiger partial charge in [-0.05, 0) is 55.7 Å². The molecule has 0 aliphatic heterocycles. The van der Waals surface area contributed by atoms with Crippen molar-refractivity contribution in [2.75, 3.05) is 15.9 Å². The first-order chi connectivity index (χ1) is 12.5. The van der Waals surface area contributed by atoms with E-state index in [1.165, 1.54) is 4.31 Å². The van der Waals surface area contributed by atoms with Crippen LogP contribution in [0, 0.1) is 13.8 Å². The number of halogens is 2. The maximum atomic E-state index is 12.9. The first-order valence-corrected chi connectivity index (χ1v) is 11.0. The van der Waals surface area contributed by atoms with Gasteiger partial charge in [-0.15, -0.1) is 0 Å². The van der Waals surface area contributed by atoms with Crippen LogP contribution in [0.3, 0.4) is 0 Å². The third kappa shape index (κ3) is 5.37. The van der Waals surface area contributed by atoms with Crippen molar-refractivity contribution >= 4 is 50.5 Å². The number of benzene rings is 2. The van der Waals surface area contributed by atoms with E-state index >= 15 is 0 Å². The van der Waals surface area contributed by atoms with Gasteiger partial charge in [-0.2, -0.15) is 0 Å². The highest BCUT2D eigenvalue weighted by Gasteiger charge is 2.32. The van der Waals surface area contributed by atoms with Crippen LogP contribution in [0.15, 0.2) is 36.4 Å². The summed E-state index contributed by atoms with van der Waals surface area (Å²) >= 11 is 11.9. The number of sulfonamides is 1. The Morgan fingerprint density at radius 3 is 2.22 bits per heavy atom. The third-order valence-electron chi connectivity index (χ3n) is 4.06. The summed E-state index contributed by atoms with van der Waals surface area (Å²) in [4.78, 5) is 12.9. The molecule has 1 N–H and O–H groups in total. The van der Waals surface area contributed by atoms with Crippen LogP contribution in [0.1, 0.15) is 24.5 Å². The summed E-state index contributed by atoms with van der Waals surface area (Å²) in [6.45, 7) is 5.45. The van der Waals surface area contributed by atoms with Gasteiger partial charge in [0.25, 0.3) is 0 Å². The van der Waals surface area contributed by atoms with E-state index < -0.39 is 22.0 Å². The van der Waals surface area contributed by atoms with Crippen molar-refractivity contribution in [2.24, 2.45) is 0 Å². The lowest BCUT2D eigenvalue weighted by Gasteiger charge is -2.31. The molecule has 0 aliphatic rings. The zero-order chi connectivity index (χ0) is 20.4. The zero-order valence-corrected chi connectivity index (χ0v) is 17.9. The molecule has 1 atom stereocenters. The predicted molar refractivity (Wildman–Crippen MR) is 112 cm³/mol. The number of amides is 1. The van der Waals surface area contributed by atoms with Gasteiger partial charge >= 0.3 is 0 Å². The Labute approximate surface area is 170 Å². The van der Waals surface area contributed by atoms with E-state index in [2.05, 4.69) is 5.32 Å². The summed E-state index contributed by atoms with van der Waals surface area (Å²) in [5, 5.41) is 3.47. The highest BCUT2D eigenvalue weighted by Crippen LogP contribution is 2.28. The fourth-order valence-corrected chi connectivity index (χ4v) is 4.63. The van der Waals surface area contributed by atoms with E-state index in [4.69, 9.17) is 23.2 Å². The summed E-state index contributed by atoms with van der Waals surface area (Å²) in [5.41, 5.74) is 2.57. The molecule has 27 heavy (non-hydrogen) atoms. The van der Waals surface area contributed by atoms with Crippen molar-refractivity contribution in [3.05, 3.63) is 57.6 Å². The van der Waals surface area contributed by atoms with Gasteiger partial charge in [0, 0.05) is 15.7 Å². The highest BCUT2D eigenvalue weighted by molar-refractivity contribution is 7.92. The molecule has 0 spiro atoms. The van der Waals surface area contributed by atoms with Gasteiger partial charge in [0.05, 0.1) is 11.9 Å². The molecule has 1 amide bonds. The lowest BCUT2D eigenvalue weighted by molar-refractivity contribution is -0.117. The number of aryl methyl sites for hydroxylation is 2. The molecule has 2 rings (SSSR count). The minimum absolute atomic E-state index is 0.292. The minimum atomic E-state index is -3.70. The molecule has 0 aromatic heterocycles. The van der Waals surface area contributed by atoms with E-state index in [1.807, 2.05) is 26.0 Å². The fourth-order valence-electron chi connectivity index (χ4n) is 2.84. The lowest BCUT2D eigenvalue weighted by Crippen LogP contribution is -2.47. The van der Waals surface area contributed by atoms with Gasteiger partial charge in [-0.25, -0.2) is 8.42 Å². The minimum Gasteiger partial charge on any atom is -0.324 e. The Balaban J connectivity index is 2.46. The van der Waals surface area contributed by atoms with Gasteiger partial charge in [0.2, 0.25) is 15.9 Å². The Hall–Kier alpha value is -1.76. The molecule has 0 aliphatic carbocycles. The molecule has 5 nitrogen and oxygen atoms in total. The zero-order valence-electron chi connectivity index (χ0n) is 15.6. The van der Waals surface area contributed by atoms with E-state index in [1.54, 1.807) is 31.2 Å². The summed E-state index contributed by atoms with van der Waals surface area (Å²) in [7, 11) is -3.70. The van der Waals surface area contributed by atoms with Crippen LogP contribution >= 0.6 is 23.2 Å². The second kappa shape index (κ2) is 8.50. The van der Waals surface area contributed by atoms with Crippen LogP contribution in [-0.4, -0.2) is 26.6 Å². The van der Waals surface area contributed by atoms with Gasteiger partial charge in [-0.1, -0.05) is 42.3 Å². The van der Waals surface area contributed by atoms with Crippen LogP contribution in [-0.2, 0) is 14.8 Å². The molecule has 0 saturated carbocycles. The molecule has 0 radical (unpaired) electrons. The number of hydrogen-bond acceptors (Lipinski definition) is 3. The van der Waals surface area contributed by atoms with E-state index in [0.29, 0.717) is 27.8 Å². The smallest absolute Gasteiger partial charge is 0.248 e. The predicted octanol–water partition coefficient (Wildman–Crippen LogP) is 4.79. The highest BCUT2D eigenvalue weighted by atomic mass is 35.5. The van der Waals surface area contributed by atoms with E-state index in [9.17, 15) is 13.2 Å². The maximum Gasteiger partial charge on any atom is 0.248 e. The largest absolute Gasteiger partial charge is 0.324 e. The number of nitrogens with zero attached hydrogens (tertiary/aromatic N) is 1. The SMILES string of the molecule is CC[C@@H](C(=O)Nc1cc(Cl)cc(Cl)c1)N(c1cc(C)ccc1C)S(C)(=O)=O. The Kier molecular flexibility index (Phi) is 6.78. The second-order valence-electron chi connectivity index (χ2n) is 6.42. The Morgan fingerprint density at radius 2 is 1.70 bits per heavy atom. The standard InChI is InChI=1S/C19H22Cl2N2O3S/c1-5-17(19(24)22-16-10-14(20)9-15(21)11-16)23(27(4,25)26)18-8-12(2)6-7-13(18)3/h6-11,17H,5H2,1-4H3,(H,22,24)/t17-/m0/s1. The molecule has 0 fully saturated rings. The van der Waals surface area contributed by atoms with Crippen LogP contribution in [0.5, 0.6) is 0 Å². The molecule has 0 unspecified atom stereocenters. The van der Waals surface area contributed by atoms with Crippen LogP contribution < -0.4 is 9.62 Å². The molecule has 2 aromatic carbocycles. The van der Waals surface area contributed by atoms with Crippen molar-refractivity contribution in [1.82, 2.24) is 0 Å². The number of anilines is 2. The molecule has 0 heterocycles. The molecule has 0 saturated heterocycles. The average molecular weight is 429 g/mol. The Bertz CT molecular complexity index is 941. The monoisotopic (exact) mass is 428 g/mol.